The Morgan fingerprint density at radius 1 is 1.06 bits per heavy atom. The van der Waals surface area contributed by atoms with Crippen LogP contribution in [0.3, 0.4) is 0 Å². The number of H-pyrrole nitrogens is 1. The van der Waals surface area contributed by atoms with E-state index in [1.807, 2.05) is 0 Å². The van der Waals surface area contributed by atoms with Crippen LogP contribution < -0.4 is 0 Å². The summed E-state index contributed by atoms with van der Waals surface area (Å²) in [6, 6.07) is 1.56. The van der Waals surface area contributed by atoms with Crippen molar-refractivity contribution in [2.24, 2.45) is 0 Å². The predicted molar refractivity (Wildman–Crippen MR) is 64.1 cm³/mol. The highest BCUT2D eigenvalue weighted by molar-refractivity contribution is 7.59. The number of nitrogens with zero attached hydrogens (tertiary/aromatic N) is 5. The highest BCUT2D eigenvalue weighted by Crippen LogP contribution is 1.99. The Kier molecular flexibility index (Phi) is 4.95. The Hall–Kier alpha value is -2.09. The lowest BCUT2D eigenvalue weighted by atomic mass is 10.6. The molecular formula is C9H9FN6S. The van der Waals surface area contributed by atoms with Crippen LogP contribution >= 0.6 is 13.5 Å². The molecule has 3 rings (SSSR count). The van der Waals surface area contributed by atoms with Crippen LogP contribution in [0, 0.1) is 6.08 Å². The number of rotatable bonds is 0. The fourth-order valence-electron chi connectivity index (χ4n) is 0.972. The first-order valence-corrected chi connectivity index (χ1v) is 4.38. The van der Waals surface area contributed by atoms with Crippen LogP contribution in [0.1, 0.15) is 0 Å². The standard InChI is InChI=1S/C5H4N4.C4H3FN2.H2S/c1-4-5(8-2-6-1)9-3-7-4;5-4-6-2-1-3-7-4;/h1-3H,(H,6,7,8,9);1-3H;1H2. The number of halogens is 1. The fourth-order valence-corrected chi connectivity index (χ4v) is 0.972. The molecule has 0 radical (unpaired) electrons. The second kappa shape index (κ2) is 6.48. The van der Waals surface area contributed by atoms with Gasteiger partial charge in [-0.25, -0.2) is 24.9 Å². The maximum Gasteiger partial charge on any atom is 0.308 e. The van der Waals surface area contributed by atoms with E-state index in [0.717, 1.165) is 5.52 Å². The molecule has 0 spiro atoms. The molecule has 17 heavy (non-hydrogen) atoms. The van der Waals surface area contributed by atoms with Gasteiger partial charge in [0.25, 0.3) is 0 Å². The van der Waals surface area contributed by atoms with Gasteiger partial charge >= 0.3 is 6.08 Å². The molecule has 0 aliphatic rings. The van der Waals surface area contributed by atoms with Gasteiger partial charge in [0, 0.05) is 12.4 Å². The monoisotopic (exact) mass is 252 g/mol. The molecule has 3 heterocycles. The zero-order valence-electron chi connectivity index (χ0n) is 8.58. The molecule has 3 aromatic rings. The van der Waals surface area contributed by atoms with Gasteiger partial charge in [0.2, 0.25) is 0 Å². The van der Waals surface area contributed by atoms with Crippen LogP contribution in [0.25, 0.3) is 11.2 Å². The molecule has 0 fully saturated rings. The van der Waals surface area contributed by atoms with Crippen molar-refractivity contribution < 1.29 is 4.39 Å². The second-order valence-electron chi connectivity index (χ2n) is 2.68. The minimum absolute atomic E-state index is 0. The molecule has 0 aliphatic heterocycles. The third-order valence-corrected chi connectivity index (χ3v) is 1.63. The van der Waals surface area contributed by atoms with E-state index in [1.54, 1.807) is 18.6 Å². The van der Waals surface area contributed by atoms with E-state index in [2.05, 4.69) is 29.9 Å². The Balaban J connectivity index is 0.000000166. The van der Waals surface area contributed by atoms with Crippen LogP contribution in [-0.2, 0) is 0 Å². The Morgan fingerprint density at radius 3 is 2.41 bits per heavy atom. The highest BCUT2D eigenvalue weighted by atomic mass is 32.1. The summed E-state index contributed by atoms with van der Waals surface area (Å²) in [6.07, 6.45) is 6.78. The Morgan fingerprint density at radius 2 is 1.82 bits per heavy atom. The van der Waals surface area contributed by atoms with Crippen molar-refractivity contribution in [1.82, 2.24) is 29.9 Å². The summed E-state index contributed by atoms with van der Waals surface area (Å²) < 4.78 is 11.7. The zero-order chi connectivity index (χ0) is 11.2. The van der Waals surface area contributed by atoms with Crippen molar-refractivity contribution in [3.63, 3.8) is 0 Å². The lowest BCUT2D eigenvalue weighted by Crippen LogP contribution is -1.81. The molecule has 3 aromatic heterocycles. The third kappa shape index (κ3) is 3.76. The molecule has 0 unspecified atom stereocenters. The van der Waals surface area contributed by atoms with Gasteiger partial charge < -0.3 is 4.98 Å². The third-order valence-electron chi connectivity index (χ3n) is 1.63. The maximum atomic E-state index is 11.7. The summed E-state index contributed by atoms with van der Waals surface area (Å²) in [7, 11) is 0. The molecule has 0 amide bonds. The van der Waals surface area contributed by atoms with Gasteiger partial charge in [-0.05, 0) is 6.07 Å². The predicted octanol–water partition coefficient (Wildman–Crippen LogP) is 1.08. The first kappa shape index (κ1) is 13.0. The summed E-state index contributed by atoms with van der Waals surface area (Å²) in [6.45, 7) is 0. The molecule has 0 aliphatic carbocycles. The van der Waals surface area contributed by atoms with Crippen molar-refractivity contribution >= 4 is 24.7 Å². The van der Waals surface area contributed by atoms with E-state index in [1.165, 1.54) is 18.7 Å². The van der Waals surface area contributed by atoms with Crippen LogP contribution in [0.4, 0.5) is 4.39 Å². The molecule has 0 bridgehead atoms. The SMILES string of the molecule is Fc1ncccn1.S.c1ncc2[nH]cnc2n1. The smallest absolute Gasteiger partial charge is 0.308 e. The molecule has 0 saturated carbocycles. The van der Waals surface area contributed by atoms with E-state index >= 15 is 0 Å². The number of hydrogen-bond acceptors (Lipinski definition) is 5. The maximum absolute atomic E-state index is 11.7. The van der Waals surface area contributed by atoms with Gasteiger partial charge in [0.1, 0.15) is 11.8 Å². The van der Waals surface area contributed by atoms with Crippen LogP contribution in [0.2, 0.25) is 0 Å². The van der Waals surface area contributed by atoms with E-state index in [0.29, 0.717) is 5.65 Å². The van der Waals surface area contributed by atoms with Gasteiger partial charge in [-0.15, -0.1) is 0 Å². The van der Waals surface area contributed by atoms with Gasteiger partial charge in [0.15, 0.2) is 5.65 Å². The summed E-state index contributed by atoms with van der Waals surface area (Å²) in [4.78, 5) is 20.9. The van der Waals surface area contributed by atoms with Crippen molar-refractivity contribution in [2.75, 3.05) is 0 Å². The molecular weight excluding hydrogens is 243 g/mol. The Bertz CT molecular complexity index is 527. The topological polar surface area (TPSA) is 80.2 Å². The Labute approximate surface area is 103 Å². The zero-order valence-corrected chi connectivity index (χ0v) is 9.58. The number of aromatic amines is 1. The van der Waals surface area contributed by atoms with E-state index in [4.69, 9.17) is 0 Å². The number of nitrogens with one attached hydrogen (secondary N) is 1. The normalized spacial score (nSPS) is 9.00. The van der Waals surface area contributed by atoms with Crippen LogP contribution in [-0.4, -0.2) is 29.9 Å². The van der Waals surface area contributed by atoms with Crippen molar-refractivity contribution in [3.8, 4) is 0 Å². The van der Waals surface area contributed by atoms with E-state index in [-0.39, 0.29) is 13.5 Å². The number of hydrogen-bond donors (Lipinski definition) is 1. The largest absolute Gasteiger partial charge is 0.342 e. The number of imidazole rings is 1. The highest BCUT2D eigenvalue weighted by Gasteiger charge is 1.91. The minimum Gasteiger partial charge on any atom is -0.342 e. The number of fused-ring (bicyclic) bond motifs is 1. The van der Waals surface area contributed by atoms with Crippen molar-refractivity contribution in [2.45, 2.75) is 0 Å². The first-order valence-electron chi connectivity index (χ1n) is 4.38. The van der Waals surface area contributed by atoms with Crippen LogP contribution in [0.5, 0.6) is 0 Å². The summed E-state index contributed by atoms with van der Waals surface area (Å²) >= 11 is 0. The number of aromatic nitrogens is 6. The molecule has 1 N–H and O–H groups in total. The lowest BCUT2D eigenvalue weighted by Gasteiger charge is -1.80. The van der Waals surface area contributed by atoms with Crippen LogP contribution in [0.15, 0.2) is 37.3 Å². The molecule has 0 saturated heterocycles. The quantitative estimate of drug-likeness (QED) is 0.605. The summed E-state index contributed by atoms with van der Waals surface area (Å²) in [5.74, 6) is 0. The molecule has 8 heteroatoms. The fraction of sp³-hybridized carbons (Fsp3) is 0. The summed E-state index contributed by atoms with van der Waals surface area (Å²) in [5, 5.41) is 0. The molecule has 6 nitrogen and oxygen atoms in total. The van der Waals surface area contributed by atoms with Gasteiger partial charge in [0.05, 0.1) is 12.5 Å². The average Bonchev–Trinajstić information content (AvgIpc) is 2.79. The lowest BCUT2D eigenvalue weighted by molar-refractivity contribution is 0.538. The second-order valence-corrected chi connectivity index (χ2v) is 2.68. The molecule has 0 atom stereocenters. The molecule has 0 aromatic carbocycles. The minimum atomic E-state index is -0.678. The van der Waals surface area contributed by atoms with Gasteiger partial charge in [-0.2, -0.15) is 17.9 Å². The summed E-state index contributed by atoms with van der Waals surface area (Å²) in [5.41, 5.74) is 1.59. The van der Waals surface area contributed by atoms with E-state index < -0.39 is 6.08 Å². The molecule has 88 valence electrons. The van der Waals surface area contributed by atoms with Gasteiger partial charge in [-0.1, -0.05) is 0 Å². The van der Waals surface area contributed by atoms with E-state index in [9.17, 15) is 4.39 Å². The van der Waals surface area contributed by atoms with Crippen molar-refractivity contribution in [1.29, 1.82) is 0 Å². The van der Waals surface area contributed by atoms with Crippen molar-refractivity contribution in [3.05, 3.63) is 43.4 Å². The first-order chi connectivity index (χ1) is 7.86. The average molecular weight is 252 g/mol. The van der Waals surface area contributed by atoms with Gasteiger partial charge in [-0.3, -0.25) is 0 Å².